The molecule has 1 aliphatic rings. The van der Waals surface area contributed by atoms with Crippen molar-refractivity contribution >= 4 is 10.8 Å². The largest absolute Gasteiger partial charge is 0.237 e. The van der Waals surface area contributed by atoms with Gasteiger partial charge in [-0.25, -0.2) is 4.68 Å². The molecule has 0 saturated heterocycles. The van der Waals surface area contributed by atoms with Gasteiger partial charge >= 0.3 is 0 Å². The van der Waals surface area contributed by atoms with Crippen molar-refractivity contribution in [3.63, 3.8) is 0 Å². The minimum atomic E-state index is 0.563. The first-order valence-corrected chi connectivity index (χ1v) is 7.86. The summed E-state index contributed by atoms with van der Waals surface area (Å²) >= 11 is 0. The van der Waals surface area contributed by atoms with E-state index in [2.05, 4.69) is 67.6 Å². The quantitative estimate of drug-likeness (QED) is 0.629. The minimum Gasteiger partial charge on any atom is -0.237 e. The fourth-order valence-corrected chi connectivity index (χ4v) is 3.58. The Morgan fingerprint density at radius 3 is 2.73 bits per heavy atom. The van der Waals surface area contributed by atoms with Crippen LogP contribution in [0.3, 0.4) is 0 Å². The summed E-state index contributed by atoms with van der Waals surface area (Å²) in [6.45, 7) is 8.42. The zero-order valence-corrected chi connectivity index (χ0v) is 13.1. The molecule has 0 saturated carbocycles. The average Bonchev–Trinajstić information content (AvgIpc) is 3.08. The SMILES string of the molecule is C=C(C)[C@H]1Cc2c(C)nn(-c3cccc4ccccc34)c2C1. The van der Waals surface area contributed by atoms with E-state index in [1.54, 1.807) is 0 Å². The van der Waals surface area contributed by atoms with Crippen molar-refractivity contribution in [2.75, 3.05) is 0 Å². The third-order valence-electron chi connectivity index (χ3n) is 4.87. The molecular weight excluding hydrogens is 268 g/mol. The predicted molar refractivity (Wildman–Crippen MR) is 91.5 cm³/mol. The Kier molecular flexibility index (Phi) is 2.93. The van der Waals surface area contributed by atoms with E-state index >= 15 is 0 Å². The molecule has 0 N–H and O–H groups in total. The highest BCUT2D eigenvalue weighted by Gasteiger charge is 2.29. The van der Waals surface area contributed by atoms with Crippen molar-refractivity contribution in [1.82, 2.24) is 9.78 Å². The van der Waals surface area contributed by atoms with Gasteiger partial charge in [-0.3, -0.25) is 0 Å². The molecule has 0 aliphatic heterocycles. The van der Waals surface area contributed by atoms with Gasteiger partial charge in [-0.2, -0.15) is 5.10 Å². The van der Waals surface area contributed by atoms with E-state index in [9.17, 15) is 0 Å². The lowest BCUT2D eigenvalue weighted by Crippen LogP contribution is -2.07. The molecule has 0 bridgehead atoms. The standard InChI is InChI=1S/C20H20N2/c1-13(2)16-11-18-14(3)21-22(20(18)12-16)19-10-6-8-15-7-4-5-9-17(15)19/h4-10,16H,1,11-12H2,2-3H3/t16-/m0/s1. The predicted octanol–water partition coefficient (Wildman–Crippen LogP) is 4.62. The van der Waals surface area contributed by atoms with Crippen LogP contribution in [0.2, 0.25) is 0 Å². The second-order valence-corrected chi connectivity index (χ2v) is 6.37. The lowest BCUT2D eigenvalue weighted by Gasteiger charge is -2.12. The van der Waals surface area contributed by atoms with Crippen LogP contribution in [0.1, 0.15) is 23.9 Å². The number of aryl methyl sites for hydroxylation is 1. The van der Waals surface area contributed by atoms with Crippen LogP contribution in [-0.4, -0.2) is 9.78 Å². The molecule has 2 nitrogen and oxygen atoms in total. The summed E-state index contributed by atoms with van der Waals surface area (Å²) in [5, 5.41) is 7.35. The Labute approximate surface area is 131 Å². The van der Waals surface area contributed by atoms with Gasteiger partial charge in [0.05, 0.1) is 11.4 Å². The van der Waals surface area contributed by atoms with Crippen LogP contribution in [0.15, 0.2) is 54.6 Å². The molecule has 0 radical (unpaired) electrons. The van der Waals surface area contributed by atoms with Crippen molar-refractivity contribution in [2.24, 2.45) is 5.92 Å². The van der Waals surface area contributed by atoms with Crippen LogP contribution in [0.4, 0.5) is 0 Å². The molecule has 22 heavy (non-hydrogen) atoms. The van der Waals surface area contributed by atoms with Crippen molar-refractivity contribution < 1.29 is 0 Å². The Morgan fingerprint density at radius 1 is 1.14 bits per heavy atom. The first-order valence-electron chi connectivity index (χ1n) is 7.86. The van der Waals surface area contributed by atoms with Crippen molar-refractivity contribution in [3.05, 3.63) is 71.6 Å². The second kappa shape index (κ2) is 4.84. The van der Waals surface area contributed by atoms with E-state index < -0.39 is 0 Å². The van der Waals surface area contributed by atoms with Gasteiger partial charge in [-0.1, -0.05) is 48.6 Å². The molecule has 4 rings (SSSR count). The normalized spacial score (nSPS) is 16.9. The van der Waals surface area contributed by atoms with E-state index in [-0.39, 0.29) is 0 Å². The first kappa shape index (κ1) is 13.3. The van der Waals surface area contributed by atoms with Gasteiger partial charge in [0.15, 0.2) is 0 Å². The maximum atomic E-state index is 4.83. The maximum absolute atomic E-state index is 4.83. The second-order valence-electron chi connectivity index (χ2n) is 6.37. The van der Waals surface area contributed by atoms with Gasteiger partial charge in [0.2, 0.25) is 0 Å². The Morgan fingerprint density at radius 2 is 1.91 bits per heavy atom. The van der Waals surface area contributed by atoms with Gasteiger partial charge in [0.1, 0.15) is 0 Å². The first-order chi connectivity index (χ1) is 10.6. The summed E-state index contributed by atoms with van der Waals surface area (Å²) in [7, 11) is 0. The van der Waals surface area contributed by atoms with Crippen LogP contribution in [0.5, 0.6) is 0 Å². The summed E-state index contributed by atoms with van der Waals surface area (Å²) in [6.07, 6.45) is 2.13. The molecular formula is C20H20N2. The molecule has 110 valence electrons. The number of aromatic nitrogens is 2. The molecule has 1 aliphatic carbocycles. The number of allylic oxidation sites excluding steroid dienone is 1. The zero-order valence-electron chi connectivity index (χ0n) is 13.1. The van der Waals surface area contributed by atoms with E-state index in [0.29, 0.717) is 5.92 Å². The topological polar surface area (TPSA) is 17.8 Å². The summed E-state index contributed by atoms with van der Waals surface area (Å²) in [4.78, 5) is 0. The van der Waals surface area contributed by atoms with Gasteiger partial charge in [0, 0.05) is 11.1 Å². The van der Waals surface area contributed by atoms with Crippen LogP contribution < -0.4 is 0 Å². The van der Waals surface area contributed by atoms with Crippen molar-refractivity contribution in [1.29, 1.82) is 0 Å². The van der Waals surface area contributed by atoms with Crippen LogP contribution >= 0.6 is 0 Å². The number of hydrogen-bond acceptors (Lipinski definition) is 1. The number of rotatable bonds is 2. The number of benzene rings is 2. The summed E-state index contributed by atoms with van der Waals surface area (Å²) < 4.78 is 2.16. The molecule has 1 atom stereocenters. The molecule has 3 aromatic rings. The molecule has 0 spiro atoms. The lowest BCUT2D eigenvalue weighted by atomic mass is 9.99. The highest BCUT2D eigenvalue weighted by atomic mass is 15.3. The fourth-order valence-electron chi connectivity index (χ4n) is 3.58. The molecule has 2 aromatic carbocycles. The van der Waals surface area contributed by atoms with E-state index in [4.69, 9.17) is 5.10 Å². The van der Waals surface area contributed by atoms with E-state index in [0.717, 1.165) is 18.5 Å². The Bertz CT molecular complexity index is 881. The van der Waals surface area contributed by atoms with Gasteiger partial charge in [-0.15, -0.1) is 0 Å². The number of nitrogens with zero attached hydrogens (tertiary/aromatic N) is 2. The molecule has 1 heterocycles. The van der Waals surface area contributed by atoms with Crippen LogP contribution in [-0.2, 0) is 12.8 Å². The van der Waals surface area contributed by atoms with Crippen LogP contribution in [0, 0.1) is 12.8 Å². The average molecular weight is 288 g/mol. The molecule has 2 heteroatoms. The summed E-state index contributed by atoms with van der Waals surface area (Å²) in [5.74, 6) is 0.563. The lowest BCUT2D eigenvalue weighted by molar-refractivity contribution is 0.632. The van der Waals surface area contributed by atoms with Crippen molar-refractivity contribution in [3.8, 4) is 5.69 Å². The molecule has 1 aromatic heterocycles. The maximum Gasteiger partial charge on any atom is 0.0727 e. The molecule has 0 unspecified atom stereocenters. The number of fused-ring (bicyclic) bond motifs is 2. The Hall–Kier alpha value is -2.35. The van der Waals surface area contributed by atoms with Gasteiger partial charge in [-0.05, 0) is 49.6 Å². The monoisotopic (exact) mass is 288 g/mol. The van der Waals surface area contributed by atoms with E-state index in [1.165, 1.54) is 33.3 Å². The zero-order chi connectivity index (χ0) is 15.3. The fraction of sp³-hybridized carbons (Fsp3) is 0.250. The highest BCUT2D eigenvalue weighted by molar-refractivity contribution is 5.90. The molecule has 0 amide bonds. The van der Waals surface area contributed by atoms with Crippen molar-refractivity contribution in [2.45, 2.75) is 26.7 Å². The Balaban J connectivity index is 1.91. The molecule has 0 fully saturated rings. The number of hydrogen-bond donors (Lipinski definition) is 0. The third-order valence-corrected chi connectivity index (χ3v) is 4.87. The van der Waals surface area contributed by atoms with Gasteiger partial charge in [0.25, 0.3) is 0 Å². The summed E-state index contributed by atoms with van der Waals surface area (Å²) in [5.41, 5.74) is 6.40. The van der Waals surface area contributed by atoms with Crippen LogP contribution in [0.25, 0.3) is 16.5 Å². The highest BCUT2D eigenvalue weighted by Crippen LogP contribution is 2.35. The summed E-state index contributed by atoms with van der Waals surface area (Å²) in [6, 6.07) is 15.0. The minimum absolute atomic E-state index is 0.563. The van der Waals surface area contributed by atoms with E-state index in [1.807, 2.05) is 0 Å². The van der Waals surface area contributed by atoms with Gasteiger partial charge < -0.3 is 0 Å². The third kappa shape index (κ3) is 1.91. The smallest absolute Gasteiger partial charge is 0.0727 e.